The van der Waals surface area contributed by atoms with E-state index in [0.717, 1.165) is 18.5 Å². The fourth-order valence-electron chi connectivity index (χ4n) is 1.60. The summed E-state index contributed by atoms with van der Waals surface area (Å²) in [6.45, 7) is 5.18. The van der Waals surface area contributed by atoms with Crippen molar-refractivity contribution in [2.24, 2.45) is 0 Å². The third kappa shape index (κ3) is 4.56. The first kappa shape index (κ1) is 14.2. The Morgan fingerprint density at radius 1 is 1.39 bits per heavy atom. The van der Waals surface area contributed by atoms with Gasteiger partial charge >= 0.3 is 0 Å². The molecule has 0 aromatic heterocycles. The van der Waals surface area contributed by atoms with Gasteiger partial charge in [-0.05, 0) is 37.6 Å². The molecule has 0 bridgehead atoms. The fourth-order valence-corrected chi connectivity index (χ4v) is 1.60. The van der Waals surface area contributed by atoms with Crippen LogP contribution in [0.3, 0.4) is 0 Å². The summed E-state index contributed by atoms with van der Waals surface area (Å²) in [6, 6.07) is 9.27. The molecule has 0 fully saturated rings. The molecule has 1 aromatic rings. The molecule has 4 nitrogen and oxygen atoms in total. The lowest BCUT2D eigenvalue weighted by Crippen LogP contribution is -2.35. The van der Waals surface area contributed by atoms with Gasteiger partial charge in [-0.3, -0.25) is 4.79 Å². The van der Waals surface area contributed by atoms with Crippen molar-refractivity contribution in [3.05, 3.63) is 35.4 Å². The van der Waals surface area contributed by atoms with Gasteiger partial charge in [0.25, 0.3) is 0 Å². The van der Waals surface area contributed by atoms with Gasteiger partial charge in [-0.1, -0.05) is 19.1 Å². The van der Waals surface area contributed by atoms with Crippen LogP contribution in [-0.4, -0.2) is 19.0 Å². The molecule has 0 aliphatic rings. The predicted molar refractivity (Wildman–Crippen MR) is 70.9 cm³/mol. The molecule has 96 valence electrons. The first-order valence-electron chi connectivity index (χ1n) is 6.17. The SMILES string of the molecule is CCCNCC(=O)NC(C)c1ccc(C#N)cc1. The molecule has 18 heavy (non-hydrogen) atoms. The molecule has 0 spiro atoms. The van der Waals surface area contributed by atoms with E-state index in [1.807, 2.05) is 19.1 Å². The molecule has 0 aliphatic carbocycles. The molecule has 1 atom stereocenters. The van der Waals surface area contributed by atoms with E-state index in [-0.39, 0.29) is 11.9 Å². The van der Waals surface area contributed by atoms with Crippen molar-refractivity contribution in [1.29, 1.82) is 5.26 Å². The largest absolute Gasteiger partial charge is 0.348 e. The molecule has 1 aromatic carbocycles. The van der Waals surface area contributed by atoms with Gasteiger partial charge in [-0.15, -0.1) is 0 Å². The number of hydrogen-bond acceptors (Lipinski definition) is 3. The topological polar surface area (TPSA) is 64.9 Å². The molecule has 4 heteroatoms. The highest BCUT2D eigenvalue weighted by Gasteiger charge is 2.08. The van der Waals surface area contributed by atoms with Crippen molar-refractivity contribution in [2.45, 2.75) is 26.3 Å². The third-order valence-corrected chi connectivity index (χ3v) is 2.63. The van der Waals surface area contributed by atoms with E-state index in [2.05, 4.69) is 23.6 Å². The second-order valence-electron chi connectivity index (χ2n) is 4.20. The monoisotopic (exact) mass is 245 g/mol. The molecule has 1 unspecified atom stereocenters. The predicted octanol–water partition coefficient (Wildman–Crippen LogP) is 1.74. The first-order chi connectivity index (χ1) is 8.67. The van der Waals surface area contributed by atoms with Crippen molar-refractivity contribution in [3.63, 3.8) is 0 Å². The first-order valence-corrected chi connectivity index (χ1v) is 6.17. The Morgan fingerprint density at radius 3 is 2.61 bits per heavy atom. The van der Waals surface area contributed by atoms with Gasteiger partial charge in [-0.25, -0.2) is 0 Å². The molecule has 2 N–H and O–H groups in total. The summed E-state index contributed by atoms with van der Waals surface area (Å²) < 4.78 is 0. The molecule has 0 radical (unpaired) electrons. The summed E-state index contributed by atoms with van der Waals surface area (Å²) in [5.41, 5.74) is 1.62. The van der Waals surface area contributed by atoms with E-state index in [0.29, 0.717) is 12.1 Å². The van der Waals surface area contributed by atoms with Crippen LogP contribution in [0.5, 0.6) is 0 Å². The van der Waals surface area contributed by atoms with Crippen molar-refractivity contribution in [2.75, 3.05) is 13.1 Å². The van der Waals surface area contributed by atoms with Gasteiger partial charge < -0.3 is 10.6 Å². The van der Waals surface area contributed by atoms with Gasteiger partial charge in [0, 0.05) is 0 Å². The second kappa shape index (κ2) is 7.46. The van der Waals surface area contributed by atoms with Gasteiger partial charge in [-0.2, -0.15) is 5.26 Å². The van der Waals surface area contributed by atoms with Crippen LogP contribution in [0.15, 0.2) is 24.3 Å². The number of hydrogen-bond donors (Lipinski definition) is 2. The maximum Gasteiger partial charge on any atom is 0.234 e. The number of nitriles is 1. The summed E-state index contributed by atoms with van der Waals surface area (Å²) in [5.74, 6) is -0.0136. The maximum absolute atomic E-state index is 11.6. The zero-order valence-corrected chi connectivity index (χ0v) is 10.9. The highest BCUT2D eigenvalue weighted by molar-refractivity contribution is 5.78. The van der Waals surface area contributed by atoms with Gasteiger partial charge in [0.15, 0.2) is 0 Å². The Labute approximate surface area is 108 Å². The summed E-state index contributed by atoms with van der Waals surface area (Å²) in [7, 11) is 0. The standard InChI is InChI=1S/C14H19N3O/c1-3-8-16-10-14(18)17-11(2)13-6-4-12(9-15)5-7-13/h4-7,11,16H,3,8,10H2,1-2H3,(H,17,18). The molecular formula is C14H19N3O. The number of amides is 1. The van der Waals surface area contributed by atoms with Crippen LogP contribution in [0.2, 0.25) is 0 Å². The Morgan fingerprint density at radius 2 is 2.06 bits per heavy atom. The van der Waals surface area contributed by atoms with Crippen molar-refractivity contribution >= 4 is 5.91 Å². The normalized spacial score (nSPS) is 11.6. The van der Waals surface area contributed by atoms with E-state index in [4.69, 9.17) is 5.26 Å². The van der Waals surface area contributed by atoms with E-state index in [1.165, 1.54) is 0 Å². The van der Waals surface area contributed by atoms with Crippen molar-refractivity contribution < 1.29 is 4.79 Å². The van der Waals surface area contributed by atoms with Crippen LogP contribution in [0, 0.1) is 11.3 Å². The van der Waals surface area contributed by atoms with Crippen LogP contribution in [0.1, 0.15) is 37.4 Å². The molecule has 0 saturated carbocycles. The lowest BCUT2D eigenvalue weighted by molar-refractivity contribution is -0.120. The molecule has 1 amide bonds. The van der Waals surface area contributed by atoms with E-state index < -0.39 is 0 Å². The average molecular weight is 245 g/mol. The Balaban J connectivity index is 2.46. The van der Waals surface area contributed by atoms with Gasteiger partial charge in [0.2, 0.25) is 5.91 Å². The number of benzene rings is 1. The van der Waals surface area contributed by atoms with Crippen molar-refractivity contribution in [1.82, 2.24) is 10.6 Å². The lowest BCUT2D eigenvalue weighted by Gasteiger charge is -2.14. The minimum absolute atomic E-state index is 0.0136. The summed E-state index contributed by atoms with van der Waals surface area (Å²) in [4.78, 5) is 11.6. The number of rotatable bonds is 6. The van der Waals surface area contributed by atoms with Crippen LogP contribution in [-0.2, 0) is 4.79 Å². The smallest absolute Gasteiger partial charge is 0.234 e. The second-order valence-corrected chi connectivity index (χ2v) is 4.20. The number of carbonyl (C=O) groups excluding carboxylic acids is 1. The molecule has 0 saturated heterocycles. The summed E-state index contributed by atoms with van der Waals surface area (Å²) >= 11 is 0. The Hall–Kier alpha value is -1.86. The molecular weight excluding hydrogens is 226 g/mol. The van der Waals surface area contributed by atoms with E-state index >= 15 is 0 Å². The highest BCUT2D eigenvalue weighted by Crippen LogP contribution is 2.12. The van der Waals surface area contributed by atoms with Crippen LogP contribution in [0.25, 0.3) is 0 Å². The van der Waals surface area contributed by atoms with E-state index in [9.17, 15) is 4.79 Å². The number of carbonyl (C=O) groups is 1. The van der Waals surface area contributed by atoms with Crippen LogP contribution in [0.4, 0.5) is 0 Å². The third-order valence-electron chi connectivity index (χ3n) is 2.63. The zero-order valence-electron chi connectivity index (χ0n) is 10.9. The van der Waals surface area contributed by atoms with Crippen molar-refractivity contribution in [3.8, 4) is 6.07 Å². The van der Waals surface area contributed by atoms with E-state index in [1.54, 1.807) is 12.1 Å². The van der Waals surface area contributed by atoms with Gasteiger partial charge in [0.05, 0.1) is 24.2 Å². The quantitative estimate of drug-likeness (QED) is 0.750. The maximum atomic E-state index is 11.6. The molecule has 0 heterocycles. The molecule has 1 rings (SSSR count). The fraction of sp³-hybridized carbons (Fsp3) is 0.429. The molecule has 0 aliphatic heterocycles. The Bertz CT molecular complexity index is 420. The average Bonchev–Trinajstić information content (AvgIpc) is 2.39. The number of nitrogens with one attached hydrogen (secondary N) is 2. The highest BCUT2D eigenvalue weighted by atomic mass is 16.1. The number of nitrogens with zero attached hydrogens (tertiary/aromatic N) is 1. The minimum Gasteiger partial charge on any atom is -0.348 e. The van der Waals surface area contributed by atoms with Crippen LogP contribution >= 0.6 is 0 Å². The zero-order chi connectivity index (χ0) is 13.4. The lowest BCUT2D eigenvalue weighted by atomic mass is 10.1. The summed E-state index contributed by atoms with van der Waals surface area (Å²) in [5, 5.41) is 14.7. The Kier molecular flexibility index (Phi) is 5.89. The summed E-state index contributed by atoms with van der Waals surface area (Å²) in [6.07, 6.45) is 1.01. The minimum atomic E-state index is -0.0475. The van der Waals surface area contributed by atoms with Crippen LogP contribution < -0.4 is 10.6 Å². The van der Waals surface area contributed by atoms with Gasteiger partial charge in [0.1, 0.15) is 0 Å².